The molecule has 0 spiro atoms. The van der Waals surface area contributed by atoms with Crippen LogP contribution in [0.2, 0.25) is 5.02 Å². The van der Waals surface area contributed by atoms with Crippen LogP contribution < -0.4 is 16.4 Å². The highest BCUT2D eigenvalue weighted by atomic mass is 35.5. The Kier molecular flexibility index (Phi) is 9.79. The van der Waals surface area contributed by atoms with Gasteiger partial charge in [0.15, 0.2) is 0 Å². The van der Waals surface area contributed by atoms with Crippen molar-refractivity contribution in [2.45, 2.75) is 95.0 Å². The molecule has 4 saturated heterocycles. The number of benzene rings is 1. The first-order valence-electron chi connectivity index (χ1n) is 17.7. The molecule has 0 aliphatic carbocycles. The lowest BCUT2D eigenvalue weighted by molar-refractivity contribution is -0.135. The second-order valence-electron chi connectivity index (χ2n) is 14.3. The van der Waals surface area contributed by atoms with E-state index in [0.717, 1.165) is 41.2 Å². The highest BCUT2D eigenvalue weighted by molar-refractivity contribution is 7.10. The summed E-state index contributed by atoms with van der Waals surface area (Å²) in [7, 11) is 2.27. The van der Waals surface area contributed by atoms with Crippen molar-refractivity contribution >= 4 is 52.3 Å². The number of piperazine rings is 1. The van der Waals surface area contributed by atoms with Crippen LogP contribution >= 0.6 is 22.9 Å². The second-order valence-corrected chi connectivity index (χ2v) is 15.7. The molecule has 5 aliphatic rings. The molecule has 11 nitrogen and oxygen atoms in total. The summed E-state index contributed by atoms with van der Waals surface area (Å²) >= 11 is 8.16. The van der Waals surface area contributed by atoms with E-state index in [1.165, 1.54) is 25.7 Å². The number of anilines is 2. The number of amides is 5. The van der Waals surface area contributed by atoms with E-state index in [1.807, 2.05) is 40.3 Å². The lowest BCUT2D eigenvalue weighted by Crippen LogP contribution is -2.60. The number of halogens is 1. The van der Waals surface area contributed by atoms with Gasteiger partial charge < -0.3 is 36.0 Å². The molecule has 7 rings (SSSR count). The summed E-state index contributed by atoms with van der Waals surface area (Å²) in [5, 5.41) is 8.60. The zero-order chi connectivity index (χ0) is 33.5. The van der Waals surface area contributed by atoms with Gasteiger partial charge >= 0.3 is 12.1 Å². The number of piperidine rings is 2. The summed E-state index contributed by atoms with van der Waals surface area (Å²) in [4.78, 5) is 52.7. The van der Waals surface area contributed by atoms with Crippen molar-refractivity contribution in [3.05, 3.63) is 44.6 Å². The van der Waals surface area contributed by atoms with Crippen molar-refractivity contribution in [3.63, 3.8) is 0 Å². The van der Waals surface area contributed by atoms with E-state index in [-0.39, 0.29) is 24.0 Å². The molecule has 3 atom stereocenters. The summed E-state index contributed by atoms with van der Waals surface area (Å²) in [5.74, 6) is -0.0518. The third-order valence-corrected chi connectivity index (χ3v) is 12.9. The van der Waals surface area contributed by atoms with Gasteiger partial charge in [0.1, 0.15) is 6.04 Å². The predicted molar refractivity (Wildman–Crippen MR) is 190 cm³/mol. The topological polar surface area (TPSA) is 117 Å². The molecule has 260 valence electrons. The Bertz CT molecular complexity index is 1510. The summed E-state index contributed by atoms with van der Waals surface area (Å²) in [5.41, 5.74) is 9.51. The number of urea groups is 2. The minimum Gasteiger partial charge on any atom is -0.397 e. The van der Waals surface area contributed by atoms with E-state index in [2.05, 4.69) is 27.5 Å². The normalized spacial score (nSPS) is 25.9. The van der Waals surface area contributed by atoms with Gasteiger partial charge in [-0.25, -0.2) is 9.59 Å². The maximum Gasteiger partial charge on any atom is 0.322 e. The molecule has 0 saturated carbocycles. The average molecular weight is 697 g/mol. The van der Waals surface area contributed by atoms with Gasteiger partial charge in [-0.3, -0.25) is 9.69 Å². The maximum atomic E-state index is 14.2. The number of fused-ring (bicyclic) bond motifs is 3. The molecule has 4 fully saturated rings. The fourth-order valence-corrected chi connectivity index (χ4v) is 9.79. The quantitative estimate of drug-likeness (QED) is 0.369. The Hall–Kier alpha value is -3.06. The van der Waals surface area contributed by atoms with Gasteiger partial charge in [0.2, 0.25) is 5.91 Å². The number of carbonyl (C=O) groups is 3. The Balaban J connectivity index is 0.998. The monoisotopic (exact) mass is 696 g/mol. The molecule has 5 aliphatic heterocycles. The van der Waals surface area contributed by atoms with Crippen molar-refractivity contribution in [3.8, 4) is 0 Å². The number of nitrogen functional groups attached to an aromatic ring is 1. The summed E-state index contributed by atoms with van der Waals surface area (Å²) in [6, 6.07) is 6.74. The second kappa shape index (κ2) is 14.0. The lowest BCUT2D eigenvalue weighted by Gasteiger charge is -2.45. The van der Waals surface area contributed by atoms with Crippen LogP contribution in [-0.4, -0.2) is 119 Å². The van der Waals surface area contributed by atoms with Crippen LogP contribution in [0.5, 0.6) is 0 Å². The van der Waals surface area contributed by atoms with Gasteiger partial charge in [0.05, 0.1) is 22.9 Å². The molecular weight excluding hydrogens is 648 g/mol. The largest absolute Gasteiger partial charge is 0.397 e. The molecule has 4 N–H and O–H groups in total. The van der Waals surface area contributed by atoms with Crippen molar-refractivity contribution < 1.29 is 14.4 Å². The molecule has 2 unspecified atom stereocenters. The van der Waals surface area contributed by atoms with Gasteiger partial charge in [-0.15, -0.1) is 11.3 Å². The first-order chi connectivity index (χ1) is 23.2. The fourth-order valence-electron chi connectivity index (χ4n) is 8.70. The molecule has 48 heavy (non-hydrogen) atoms. The van der Waals surface area contributed by atoms with Gasteiger partial charge in [-0.05, 0) is 80.6 Å². The Morgan fingerprint density at radius 1 is 1.00 bits per heavy atom. The third-order valence-electron chi connectivity index (χ3n) is 11.7. The molecule has 6 heterocycles. The van der Waals surface area contributed by atoms with Crippen LogP contribution in [0, 0.1) is 0 Å². The number of hydrogen-bond donors (Lipinski definition) is 3. The van der Waals surface area contributed by atoms with Gasteiger partial charge in [-0.2, -0.15) is 0 Å². The molecule has 1 aromatic heterocycles. The molecule has 5 amide bonds. The zero-order valence-corrected chi connectivity index (χ0v) is 29.7. The van der Waals surface area contributed by atoms with Gasteiger partial charge in [-0.1, -0.05) is 24.6 Å². The standard InChI is InChI=1S/C35H49ClN8O3S/c1-3-23-16-22(17-28(36)32(23)37)18-30(33(45)42-13-11-41(12-14-42)27-19-25-4-5-26(20-27)40(25)2)39-34(46)43-9-6-24(7-10-43)44-21-31-29(8-15-48-31)38-35(44)47/h8,15-17,24-27,30H,3-7,9-14,18-21,37H2,1-2H3,(H,38,47)(H,39,46)/t25?,26?,27?,30-/m1/s1. The maximum absolute atomic E-state index is 14.2. The number of nitrogens with two attached hydrogens (primary N) is 1. The number of thiophene rings is 1. The molecule has 0 radical (unpaired) electrons. The zero-order valence-electron chi connectivity index (χ0n) is 28.1. The van der Waals surface area contributed by atoms with Crippen LogP contribution in [0.3, 0.4) is 0 Å². The highest BCUT2D eigenvalue weighted by Crippen LogP contribution is 2.37. The highest BCUT2D eigenvalue weighted by Gasteiger charge is 2.42. The van der Waals surface area contributed by atoms with Gasteiger partial charge in [0, 0.05) is 74.7 Å². The van der Waals surface area contributed by atoms with Crippen LogP contribution in [0.1, 0.15) is 61.5 Å². The number of hydrogen-bond acceptors (Lipinski definition) is 7. The van der Waals surface area contributed by atoms with Crippen LogP contribution in [0.25, 0.3) is 0 Å². The summed E-state index contributed by atoms with van der Waals surface area (Å²) < 4.78 is 0. The van der Waals surface area contributed by atoms with E-state index in [4.69, 9.17) is 17.3 Å². The lowest BCUT2D eigenvalue weighted by atomic mass is 9.95. The van der Waals surface area contributed by atoms with E-state index in [0.29, 0.717) is 80.8 Å². The van der Waals surface area contributed by atoms with Crippen molar-refractivity contribution in [2.75, 3.05) is 57.4 Å². The van der Waals surface area contributed by atoms with E-state index in [1.54, 1.807) is 16.2 Å². The Morgan fingerprint density at radius 3 is 2.40 bits per heavy atom. The molecule has 2 bridgehead atoms. The van der Waals surface area contributed by atoms with Crippen LogP contribution in [-0.2, 0) is 24.2 Å². The number of likely N-dealkylation sites (tertiary alicyclic amines) is 1. The molecule has 13 heteroatoms. The number of nitrogens with zero attached hydrogens (tertiary/aromatic N) is 5. The first-order valence-corrected chi connectivity index (χ1v) is 18.9. The van der Waals surface area contributed by atoms with Crippen molar-refractivity contribution in [2.24, 2.45) is 0 Å². The van der Waals surface area contributed by atoms with E-state index >= 15 is 0 Å². The average Bonchev–Trinajstić information content (AvgIpc) is 3.62. The first kappa shape index (κ1) is 33.4. The minimum absolute atomic E-state index is 0.0518. The van der Waals surface area contributed by atoms with E-state index < -0.39 is 6.04 Å². The molecular formula is C35H49ClN8O3S. The fraction of sp³-hybridized carbons (Fsp3) is 0.629. The van der Waals surface area contributed by atoms with Crippen LogP contribution in [0.15, 0.2) is 23.6 Å². The molecule has 1 aromatic carbocycles. The predicted octanol–water partition coefficient (Wildman–Crippen LogP) is 4.45. The Labute approximate surface area is 292 Å². The number of carbonyl (C=O) groups excluding carboxylic acids is 3. The SMILES string of the molecule is CCc1cc(C[C@@H](NC(=O)N2CCC(N3Cc4sccc4NC3=O)CC2)C(=O)N2CCN(C3CC4CCC(C3)N4C)CC2)cc(Cl)c1N. The Morgan fingerprint density at radius 2 is 1.71 bits per heavy atom. The summed E-state index contributed by atoms with van der Waals surface area (Å²) in [6.45, 7) is 6.70. The van der Waals surface area contributed by atoms with Crippen molar-refractivity contribution in [1.82, 2.24) is 29.8 Å². The molecule has 2 aromatic rings. The smallest absolute Gasteiger partial charge is 0.322 e. The summed E-state index contributed by atoms with van der Waals surface area (Å²) in [6.07, 6.45) is 7.47. The van der Waals surface area contributed by atoms with Crippen molar-refractivity contribution in [1.29, 1.82) is 0 Å². The van der Waals surface area contributed by atoms with Crippen LogP contribution in [0.4, 0.5) is 21.0 Å². The third kappa shape index (κ3) is 6.73. The number of rotatable bonds is 7. The number of aryl methyl sites for hydroxylation is 1. The minimum atomic E-state index is -0.726. The van der Waals surface area contributed by atoms with E-state index in [9.17, 15) is 14.4 Å². The van der Waals surface area contributed by atoms with Gasteiger partial charge in [0.25, 0.3) is 0 Å². The number of nitrogens with one attached hydrogen (secondary N) is 2.